The number of nitrogens with zero attached hydrogens (tertiary/aromatic N) is 2. The van der Waals surface area contributed by atoms with Crippen molar-refractivity contribution >= 4 is 49.7 Å². The third-order valence-electron chi connectivity index (χ3n) is 5.43. The maximum atomic E-state index is 13.3. The second-order valence-electron chi connectivity index (χ2n) is 7.12. The van der Waals surface area contributed by atoms with Gasteiger partial charge in [0.15, 0.2) is 0 Å². The lowest BCUT2D eigenvalue weighted by Gasteiger charge is -2.16. The van der Waals surface area contributed by atoms with E-state index in [2.05, 4.69) is 38.1 Å². The zero-order valence-corrected chi connectivity index (χ0v) is 16.1. The molecule has 4 aromatic rings. The first-order chi connectivity index (χ1) is 13.0. The van der Waals surface area contributed by atoms with E-state index in [4.69, 9.17) is 10.7 Å². The first kappa shape index (κ1) is 16.3. The summed E-state index contributed by atoms with van der Waals surface area (Å²) in [5.74, 6) is -0.0297. The van der Waals surface area contributed by atoms with E-state index >= 15 is 0 Å². The first-order valence-electron chi connectivity index (χ1n) is 9.03. The van der Waals surface area contributed by atoms with Crippen molar-refractivity contribution in [3.8, 4) is 0 Å². The fourth-order valence-corrected chi connectivity index (χ4v) is 4.92. The van der Waals surface area contributed by atoms with Gasteiger partial charge >= 0.3 is 0 Å². The molecule has 0 radical (unpaired) electrons. The summed E-state index contributed by atoms with van der Waals surface area (Å²) in [7, 11) is 0. The molecule has 1 amide bonds. The number of thiophene rings is 1. The highest BCUT2D eigenvalue weighted by atomic mass is 32.1. The molecule has 0 saturated heterocycles. The third kappa shape index (κ3) is 2.35. The molecular formula is C22H19N3OS. The highest BCUT2D eigenvalue weighted by Crippen LogP contribution is 2.38. The van der Waals surface area contributed by atoms with Crippen LogP contribution in [0.25, 0.3) is 21.1 Å². The lowest BCUT2D eigenvalue weighted by atomic mass is 10.0. The van der Waals surface area contributed by atoms with E-state index in [0.29, 0.717) is 17.1 Å². The largest absolute Gasteiger partial charge is 0.397 e. The zero-order chi connectivity index (χ0) is 18.7. The van der Waals surface area contributed by atoms with Crippen molar-refractivity contribution < 1.29 is 4.79 Å². The first-order valence-corrected chi connectivity index (χ1v) is 9.85. The van der Waals surface area contributed by atoms with Crippen LogP contribution in [0.1, 0.15) is 26.4 Å². The fourth-order valence-electron chi connectivity index (χ4n) is 3.89. The molecule has 0 atom stereocenters. The average molecular weight is 373 g/mol. The van der Waals surface area contributed by atoms with E-state index in [0.717, 1.165) is 44.4 Å². The van der Waals surface area contributed by atoms with Crippen LogP contribution in [0.5, 0.6) is 0 Å². The van der Waals surface area contributed by atoms with Crippen LogP contribution in [-0.4, -0.2) is 17.4 Å². The number of aromatic nitrogens is 1. The molecule has 0 spiro atoms. The zero-order valence-electron chi connectivity index (χ0n) is 15.2. The summed E-state index contributed by atoms with van der Waals surface area (Å²) in [5.41, 5.74) is 12.4. The Bertz CT molecular complexity index is 1240. The van der Waals surface area contributed by atoms with E-state index in [-0.39, 0.29) is 5.91 Å². The number of anilines is 2. The van der Waals surface area contributed by atoms with Gasteiger partial charge in [-0.15, -0.1) is 11.3 Å². The molecule has 0 bridgehead atoms. The molecular weight excluding hydrogens is 354 g/mol. The number of amides is 1. The van der Waals surface area contributed by atoms with Crippen molar-refractivity contribution in [2.45, 2.75) is 20.3 Å². The van der Waals surface area contributed by atoms with Crippen LogP contribution in [0.3, 0.4) is 0 Å². The van der Waals surface area contributed by atoms with Crippen LogP contribution in [-0.2, 0) is 6.42 Å². The smallest absolute Gasteiger partial charge is 0.270 e. The Hall–Kier alpha value is -2.92. The molecule has 27 heavy (non-hydrogen) atoms. The van der Waals surface area contributed by atoms with Gasteiger partial charge in [0.2, 0.25) is 0 Å². The van der Waals surface area contributed by atoms with Crippen LogP contribution in [0.4, 0.5) is 11.4 Å². The minimum atomic E-state index is -0.0297. The summed E-state index contributed by atoms with van der Waals surface area (Å²) in [6.07, 6.45) is 0.882. The number of nitrogen functional groups attached to an aromatic ring is 1. The Balaban J connectivity index is 1.67. The second kappa shape index (κ2) is 5.79. The van der Waals surface area contributed by atoms with Gasteiger partial charge in [-0.05, 0) is 49.1 Å². The number of carbonyl (C=O) groups is 1. The molecule has 1 aliphatic rings. The van der Waals surface area contributed by atoms with Crippen molar-refractivity contribution in [2.75, 3.05) is 17.2 Å². The van der Waals surface area contributed by atoms with Crippen molar-refractivity contribution in [3.63, 3.8) is 0 Å². The Morgan fingerprint density at radius 3 is 2.74 bits per heavy atom. The minimum Gasteiger partial charge on any atom is -0.397 e. The number of pyridine rings is 1. The number of hydrogen-bond donors (Lipinski definition) is 1. The van der Waals surface area contributed by atoms with E-state index in [1.165, 1.54) is 16.9 Å². The van der Waals surface area contributed by atoms with Crippen LogP contribution in [0.2, 0.25) is 0 Å². The molecule has 0 unspecified atom stereocenters. The van der Waals surface area contributed by atoms with Crippen molar-refractivity contribution in [1.82, 2.24) is 4.98 Å². The SMILES string of the molecule is Cc1ccc(C)c2nc3sc(C(=O)N4CCc5ccccc54)c(N)c3cc12. The Morgan fingerprint density at radius 1 is 1.11 bits per heavy atom. The predicted molar refractivity (Wildman–Crippen MR) is 113 cm³/mol. The molecule has 0 saturated carbocycles. The average Bonchev–Trinajstić information content (AvgIpc) is 3.25. The normalized spacial score (nSPS) is 13.5. The molecule has 2 N–H and O–H groups in total. The van der Waals surface area contributed by atoms with E-state index in [1.54, 1.807) is 0 Å². The van der Waals surface area contributed by atoms with Gasteiger partial charge in [0.1, 0.15) is 9.71 Å². The molecule has 4 nitrogen and oxygen atoms in total. The van der Waals surface area contributed by atoms with Gasteiger partial charge in [0, 0.05) is 23.0 Å². The summed E-state index contributed by atoms with van der Waals surface area (Å²) < 4.78 is 0. The predicted octanol–water partition coefficient (Wildman–Crippen LogP) is 4.85. The molecule has 2 aromatic carbocycles. The second-order valence-corrected chi connectivity index (χ2v) is 8.12. The maximum Gasteiger partial charge on any atom is 0.270 e. The van der Waals surface area contributed by atoms with E-state index in [1.807, 2.05) is 23.1 Å². The summed E-state index contributed by atoms with van der Waals surface area (Å²) in [6, 6.07) is 14.3. The van der Waals surface area contributed by atoms with Gasteiger partial charge in [0.25, 0.3) is 5.91 Å². The number of rotatable bonds is 1. The standard InChI is InChI=1S/C22H19N3OS/c1-12-7-8-13(2)19-15(12)11-16-18(23)20(27-21(16)24-19)22(26)25-10-9-14-5-3-4-6-17(14)25/h3-8,11H,9-10,23H2,1-2H3. The highest BCUT2D eigenvalue weighted by Gasteiger charge is 2.28. The molecule has 0 fully saturated rings. The molecule has 5 rings (SSSR count). The summed E-state index contributed by atoms with van der Waals surface area (Å²) in [5, 5.41) is 1.97. The van der Waals surface area contributed by atoms with Gasteiger partial charge in [-0.2, -0.15) is 0 Å². The number of aryl methyl sites for hydroxylation is 2. The van der Waals surface area contributed by atoms with E-state index < -0.39 is 0 Å². The van der Waals surface area contributed by atoms with Gasteiger partial charge in [0.05, 0.1) is 11.2 Å². The molecule has 1 aliphatic heterocycles. The number of fused-ring (bicyclic) bond motifs is 3. The Morgan fingerprint density at radius 2 is 1.89 bits per heavy atom. The number of benzene rings is 2. The van der Waals surface area contributed by atoms with Crippen LogP contribution < -0.4 is 10.6 Å². The number of hydrogen-bond acceptors (Lipinski definition) is 4. The fraction of sp³-hybridized carbons (Fsp3) is 0.182. The monoisotopic (exact) mass is 373 g/mol. The number of nitrogens with two attached hydrogens (primary N) is 1. The molecule has 2 aromatic heterocycles. The van der Waals surface area contributed by atoms with Gasteiger partial charge in [-0.25, -0.2) is 4.98 Å². The number of para-hydroxylation sites is 1. The summed E-state index contributed by atoms with van der Waals surface area (Å²) in [6.45, 7) is 4.83. The minimum absolute atomic E-state index is 0.0297. The Labute approximate surface area is 161 Å². The quantitative estimate of drug-likeness (QED) is 0.519. The topological polar surface area (TPSA) is 59.2 Å². The van der Waals surface area contributed by atoms with Crippen molar-refractivity contribution in [1.29, 1.82) is 0 Å². The summed E-state index contributed by atoms with van der Waals surface area (Å²) >= 11 is 1.40. The molecule has 0 aliphatic carbocycles. The van der Waals surface area contributed by atoms with E-state index in [9.17, 15) is 4.79 Å². The van der Waals surface area contributed by atoms with Crippen molar-refractivity contribution in [3.05, 3.63) is 64.0 Å². The van der Waals surface area contributed by atoms with Gasteiger partial charge in [-0.3, -0.25) is 4.79 Å². The van der Waals surface area contributed by atoms with Crippen LogP contribution in [0.15, 0.2) is 42.5 Å². The lowest BCUT2D eigenvalue weighted by molar-refractivity contribution is 0.0994. The highest BCUT2D eigenvalue weighted by molar-refractivity contribution is 7.21. The lowest BCUT2D eigenvalue weighted by Crippen LogP contribution is -2.28. The molecule has 5 heteroatoms. The van der Waals surface area contributed by atoms with Crippen LogP contribution >= 0.6 is 11.3 Å². The Kier molecular flexibility index (Phi) is 3.49. The number of carbonyl (C=O) groups excluding carboxylic acids is 1. The molecule has 3 heterocycles. The molecule has 134 valence electrons. The van der Waals surface area contributed by atoms with Crippen molar-refractivity contribution in [2.24, 2.45) is 0 Å². The maximum absolute atomic E-state index is 13.3. The third-order valence-corrected chi connectivity index (χ3v) is 6.53. The van der Waals surface area contributed by atoms with Crippen LogP contribution in [0, 0.1) is 13.8 Å². The van der Waals surface area contributed by atoms with Gasteiger partial charge in [-0.1, -0.05) is 30.3 Å². The van der Waals surface area contributed by atoms with Gasteiger partial charge < -0.3 is 10.6 Å². The summed E-state index contributed by atoms with van der Waals surface area (Å²) in [4.78, 5) is 21.3.